The number of carbonyl (C=O) groups excluding carboxylic acids is 3. The Bertz CT molecular complexity index is 1400. The molecule has 0 fully saturated rings. The number of carbonyl (C=O) groups is 3. The maximum Gasteiger partial charge on any atom is 0.323 e. The number of benzene rings is 2. The second kappa shape index (κ2) is 9.30. The van der Waals surface area contributed by atoms with Gasteiger partial charge in [0.25, 0.3) is 10.0 Å². The Morgan fingerprint density at radius 2 is 1.57 bits per heavy atom. The van der Waals surface area contributed by atoms with Crippen molar-refractivity contribution in [2.45, 2.75) is 44.9 Å². The third-order valence-corrected chi connectivity index (χ3v) is 8.11. The lowest BCUT2D eigenvalue weighted by atomic mass is 9.80. The first-order valence-electron chi connectivity index (χ1n) is 11.5. The number of fused-ring (bicyclic) bond motifs is 3. The number of nitrogens with zero attached hydrogens (tertiary/aromatic N) is 1. The molecule has 8 nitrogen and oxygen atoms in total. The lowest BCUT2D eigenvalue weighted by molar-refractivity contribution is -0.172. The first-order valence-corrected chi connectivity index (χ1v) is 12.9. The van der Waals surface area contributed by atoms with Crippen molar-refractivity contribution in [2.24, 2.45) is 5.41 Å². The van der Waals surface area contributed by atoms with Gasteiger partial charge >= 0.3 is 11.9 Å². The van der Waals surface area contributed by atoms with Crippen LogP contribution >= 0.6 is 0 Å². The van der Waals surface area contributed by atoms with Crippen LogP contribution in [0.15, 0.2) is 53.4 Å². The summed E-state index contributed by atoms with van der Waals surface area (Å²) in [6, 6.07) is 13.0. The minimum Gasteiger partial charge on any atom is -0.465 e. The summed E-state index contributed by atoms with van der Waals surface area (Å²) in [6.45, 7) is 5.11. The van der Waals surface area contributed by atoms with Gasteiger partial charge in [0, 0.05) is 29.5 Å². The number of ketones is 1. The molecule has 35 heavy (non-hydrogen) atoms. The van der Waals surface area contributed by atoms with Crippen molar-refractivity contribution in [3.8, 4) is 0 Å². The van der Waals surface area contributed by atoms with Crippen LogP contribution in [0.4, 0.5) is 0 Å². The zero-order valence-corrected chi connectivity index (χ0v) is 20.7. The van der Waals surface area contributed by atoms with Gasteiger partial charge in [-0.1, -0.05) is 35.9 Å². The molecule has 0 N–H and O–H groups in total. The fraction of sp³-hybridized carbons (Fsp3) is 0.346. The normalized spacial score (nSPS) is 15.3. The smallest absolute Gasteiger partial charge is 0.323 e. The van der Waals surface area contributed by atoms with Crippen LogP contribution in [-0.2, 0) is 35.5 Å². The predicted octanol–water partition coefficient (Wildman–Crippen LogP) is 3.82. The number of esters is 2. The molecule has 0 atom stereocenters. The maximum atomic E-state index is 13.9. The standard InChI is InChI=1S/C26H27NO7S/c1-4-33-24(29)26(25(30)34-5-2)15-14-22(28)23-19-8-6-7-9-20(19)27(21(23)16-26)35(31,32)18-12-10-17(3)11-13-18/h6-13H,4-5,14-16H2,1-3H3. The van der Waals surface area contributed by atoms with E-state index in [4.69, 9.17) is 9.47 Å². The van der Waals surface area contributed by atoms with Gasteiger partial charge in [0.1, 0.15) is 0 Å². The van der Waals surface area contributed by atoms with Gasteiger partial charge < -0.3 is 9.47 Å². The highest BCUT2D eigenvalue weighted by Crippen LogP contribution is 2.42. The first kappa shape index (κ1) is 24.7. The number of para-hydroxylation sites is 1. The fourth-order valence-corrected chi connectivity index (χ4v) is 6.18. The van der Waals surface area contributed by atoms with E-state index in [9.17, 15) is 22.8 Å². The molecular weight excluding hydrogens is 470 g/mol. The Balaban J connectivity index is 2.05. The number of hydrogen-bond donors (Lipinski definition) is 0. The summed E-state index contributed by atoms with van der Waals surface area (Å²) in [5.74, 6) is -2.00. The van der Waals surface area contributed by atoms with E-state index in [0.29, 0.717) is 10.9 Å². The summed E-state index contributed by atoms with van der Waals surface area (Å²) in [5.41, 5.74) is -0.377. The molecule has 9 heteroatoms. The van der Waals surface area contributed by atoms with Crippen molar-refractivity contribution >= 4 is 38.6 Å². The van der Waals surface area contributed by atoms with Gasteiger partial charge in [-0.3, -0.25) is 14.4 Å². The summed E-state index contributed by atoms with van der Waals surface area (Å²) in [6.07, 6.45) is -0.619. The van der Waals surface area contributed by atoms with E-state index in [1.807, 2.05) is 6.92 Å². The molecule has 0 saturated heterocycles. The van der Waals surface area contributed by atoms with Crippen LogP contribution in [0.3, 0.4) is 0 Å². The first-order chi connectivity index (χ1) is 16.7. The highest BCUT2D eigenvalue weighted by Gasteiger charge is 2.52. The number of aryl methyl sites for hydroxylation is 1. The van der Waals surface area contributed by atoms with Crippen molar-refractivity contribution in [2.75, 3.05) is 13.2 Å². The lowest BCUT2D eigenvalue weighted by Crippen LogP contribution is -2.44. The molecule has 1 aromatic heterocycles. The Kier molecular flexibility index (Phi) is 6.55. The van der Waals surface area contributed by atoms with E-state index in [-0.39, 0.29) is 54.4 Å². The average molecular weight is 498 g/mol. The van der Waals surface area contributed by atoms with Gasteiger partial charge in [0.05, 0.1) is 23.6 Å². The Hall–Kier alpha value is -3.46. The molecule has 0 aliphatic heterocycles. The highest BCUT2D eigenvalue weighted by atomic mass is 32.2. The molecule has 184 valence electrons. The van der Waals surface area contributed by atoms with Gasteiger partial charge in [-0.05, 0) is 45.4 Å². The molecule has 1 aliphatic rings. The Labute approximate surface area is 203 Å². The average Bonchev–Trinajstić information content (AvgIpc) is 3.07. The zero-order valence-electron chi connectivity index (χ0n) is 19.9. The molecular formula is C26H27NO7S. The van der Waals surface area contributed by atoms with Crippen LogP contribution in [0.5, 0.6) is 0 Å². The van der Waals surface area contributed by atoms with Crippen molar-refractivity contribution in [3.63, 3.8) is 0 Å². The second-order valence-corrected chi connectivity index (χ2v) is 10.3. The Morgan fingerprint density at radius 1 is 0.971 bits per heavy atom. The van der Waals surface area contributed by atoms with Crippen LogP contribution in [-0.4, -0.2) is 43.3 Å². The van der Waals surface area contributed by atoms with Gasteiger partial charge in [-0.15, -0.1) is 0 Å². The highest BCUT2D eigenvalue weighted by molar-refractivity contribution is 7.90. The van der Waals surface area contributed by atoms with E-state index in [1.54, 1.807) is 50.2 Å². The zero-order chi connectivity index (χ0) is 25.4. The minimum atomic E-state index is -4.19. The second-order valence-electron chi connectivity index (χ2n) is 8.54. The number of hydrogen-bond acceptors (Lipinski definition) is 7. The number of aromatic nitrogens is 1. The molecule has 4 rings (SSSR count). The van der Waals surface area contributed by atoms with E-state index >= 15 is 0 Å². The number of ether oxygens (including phenoxy) is 2. The van der Waals surface area contributed by atoms with Crippen LogP contribution in [0.2, 0.25) is 0 Å². The molecule has 0 radical (unpaired) electrons. The van der Waals surface area contributed by atoms with E-state index in [2.05, 4.69) is 0 Å². The lowest BCUT2D eigenvalue weighted by Gasteiger charge is -2.28. The predicted molar refractivity (Wildman–Crippen MR) is 129 cm³/mol. The van der Waals surface area contributed by atoms with Gasteiger partial charge in [-0.2, -0.15) is 0 Å². The monoisotopic (exact) mass is 497 g/mol. The quantitative estimate of drug-likeness (QED) is 0.289. The van der Waals surface area contributed by atoms with Gasteiger partial charge in [-0.25, -0.2) is 12.4 Å². The van der Waals surface area contributed by atoms with Crippen molar-refractivity contribution in [3.05, 3.63) is 65.4 Å². The van der Waals surface area contributed by atoms with E-state index in [0.717, 1.165) is 9.54 Å². The molecule has 2 aromatic carbocycles. The summed E-state index contributed by atoms with van der Waals surface area (Å²) in [7, 11) is -4.19. The molecule has 1 aliphatic carbocycles. The van der Waals surface area contributed by atoms with Crippen molar-refractivity contribution in [1.82, 2.24) is 3.97 Å². The number of rotatable bonds is 6. The fourth-order valence-electron chi connectivity index (χ4n) is 4.62. The van der Waals surface area contributed by atoms with Crippen LogP contribution in [0.25, 0.3) is 10.9 Å². The molecule has 0 spiro atoms. The van der Waals surface area contributed by atoms with E-state index in [1.165, 1.54) is 12.1 Å². The summed E-state index contributed by atoms with van der Waals surface area (Å²) < 4.78 is 39.5. The molecule has 0 bridgehead atoms. The van der Waals surface area contributed by atoms with Gasteiger partial charge in [0.15, 0.2) is 11.2 Å². The summed E-state index contributed by atoms with van der Waals surface area (Å²) in [4.78, 5) is 39.8. The van der Waals surface area contributed by atoms with Gasteiger partial charge in [0.2, 0.25) is 0 Å². The molecule has 0 unspecified atom stereocenters. The molecule has 0 saturated carbocycles. The molecule has 3 aromatic rings. The van der Waals surface area contributed by atoms with Crippen molar-refractivity contribution in [1.29, 1.82) is 0 Å². The topological polar surface area (TPSA) is 109 Å². The largest absolute Gasteiger partial charge is 0.465 e. The SMILES string of the molecule is CCOC(=O)C1(C(=O)OCC)CCC(=O)c2c(n(S(=O)(=O)c3ccc(C)cc3)c3ccccc23)C1. The third-order valence-electron chi connectivity index (χ3n) is 6.34. The van der Waals surface area contributed by atoms with Crippen LogP contribution in [0.1, 0.15) is 48.3 Å². The van der Waals surface area contributed by atoms with E-state index < -0.39 is 27.4 Å². The molecule has 1 heterocycles. The van der Waals surface area contributed by atoms with Crippen LogP contribution in [0, 0.1) is 12.3 Å². The molecule has 0 amide bonds. The Morgan fingerprint density at radius 3 is 2.17 bits per heavy atom. The minimum absolute atomic E-state index is 0.0193. The van der Waals surface area contributed by atoms with Crippen molar-refractivity contribution < 1.29 is 32.3 Å². The summed E-state index contributed by atoms with van der Waals surface area (Å²) in [5, 5.41) is 0.451. The van der Waals surface area contributed by atoms with Crippen LogP contribution < -0.4 is 0 Å². The maximum absolute atomic E-state index is 13.9. The summed E-state index contributed by atoms with van der Waals surface area (Å²) >= 11 is 0. The third kappa shape index (κ3) is 4.03. The number of Topliss-reactive ketones (excluding diaryl/α,β-unsaturated/α-hetero) is 1.